The summed E-state index contributed by atoms with van der Waals surface area (Å²) in [5.41, 5.74) is 7.25. The third-order valence-corrected chi connectivity index (χ3v) is 4.32. The molecular formula is C18H14FN3O3S. The Kier molecular flexibility index (Phi) is 5.23. The van der Waals surface area contributed by atoms with Gasteiger partial charge in [-0.05, 0) is 48.5 Å². The number of esters is 1. The fourth-order valence-corrected chi connectivity index (χ4v) is 2.96. The number of thiazole rings is 1. The van der Waals surface area contributed by atoms with Gasteiger partial charge in [-0.15, -0.1) is 11.3 Å². The molecule has 3 aromatic rings. The third kappa shape index (κ3) is 4.42. The van der Waals surface area contributed by atoms with E-state index in [0.29, 0.717) is 16.9 Å². The van der Waals surface area contributed by atoms with Gasteiger partial charge < -0.3 is 15.8 Å². The summed E-state index contributed by atoms with van der Waals surface area (Å²) in [5.74, 6) is -0.816. The van der Waals surface area contributed by atoms with E-state index in [0.717, 1.165) is 10.6 Å². The zero-order chi connectivity index (χ0) is 18.5. The third-order valence-electron chi connectivity index (χ3n) is 3.38. The molecule has 1 heterocycles. The maximum absolute atomic E-state index is 13.0. The molecule has 26 heavy (non-hydrogen) atoms. The summed E-state index contributed by atoms with van der Waals surface area (Å²) in [7, 11) is 0. The van der Waals surface area contributed by atoms with Crippen LogP contribution in [0.3, 0.4) is 0 Å². The van der Waals surface area contributed by atoms with Crippen LogP contribution in [0, 0.1) is 5.82 Å². The van der Waals surface area contributed by atoms with Gasteiger partial charge in [-0.25, -0.2) is 19.0 Å². The first-order valence-corrected chi connectivity index (χ1v) is 8.43. The van der Waals surface area contributed by atoms with Crippen LogP contribution in [0.5, 0.6) is 0 Å². The highest BCUT2D eigenvalue weighted by Gasteiger charge is 2.10. The van der Waals surface area contributed by atoms with Gasteiger partial charge in [0.25, 0.3) is 0 Å². The fraction of sp³-hybridized carbons (Fsp3) is 0.0556. The fourth-order valence-electron chi connectivity index (χ4n) is 2.15. The number of hydrogen-bond donors (Lipinski definition) is 2. The smallest absolute Gasteiger partial charge is 0.338 e. The first kappa shape index (κ1) is 17.6. The number of benzene rings is 2. The first-order valence-electron chi connectivity index (χ1n) is 7.55. The largest absolute Gasteiger partial charge is 0.456 e. The average molecular weight is 371 g/mol. The van der Waals surface area contributed by atoms with Gasteiger partial charge in [-0.3, -0.25) is 0 Å². The molecule has 6 nitrogen and oxygen atoms in total. The number of carbonyl (C=O) groups excluding carboxylic acids is 2. The van der Waals surface area contributed by atoms with Crippen molar-refractivity contribution in [1.29, 1.82) is 0 Å². The van der Waals surface area contributed by atoms with E-state index in [9.17, 15) is 14.0 Å². The summed E-state index contributed by atoms with van der Waals surface area (Å²) in [6, 6.07) is 11.5. The van der Waals surface area contributed by atoms with Gasteiger partial charge in [0.1, 0.15) is 17.4 Å². The molecule has 8 heteroatoms. The molecule has 2 aromatic carbocycles. The van der Waals surface area contributed by atoms with Crippen LogP contribution in [0.25, 0.3) is 10.6 Å². The molecule has 0 saturated heterocycles. The van der Waals surface area contributed by atoms with Crippen molar-refractivity contribution >= 4 is 29.0 Å². The Morgan fingerprint density at radius 2 is 1.81 bits per heavy atom. The summed E-state index contributed by atoms with van der Waals surface area (Å²) in [6.07, 6.45) is 0. The molecule has 0 aliphatic rings. The molecule has 0 saturated carbocycles. The van der Waals surface area contributed by atoms with Crippen molar-refractivity contribution in [3.63, 3.8) is 0 Å². The maximum atomic E-state index is 13.0. The van der Waals surface area contributed by atoms with Crippen molar-refractivity contribution < 1.29 is 18.7 Å². The number of amides is 2. The number of primary amides is 1. The lowest BCUT2D eigenvalue weighted by atomic mass is 10.2. The standard InChI is InChI=1S/C18H14FN3O3S/c19-13-5-1-11(2-6-13)16-21-15(10-26-16)9-25-17(23)12-3-7-14(8-4-12)22-18(20)24/h1-8,10H,9H2,(H3,20,22,24). The van der Waals surface area contributed by atoms with E-state index in [1.165, 1.54) is 35.6 Å². The number of ether oxygens (including phenoxy) is 1. The maximum Gasteiger partial charge on any atom is 0.338 e. The van der Waals surface area contributed by atoms with Crippen molar-refractivity contribution in [3.8, 4) is 10.6 Å². The molecule has 0 spiro atoms. The summed E-state index contributed by atoms with van der Waals surface area (Å²) in [4.78, 5) is 27.2. The summed E-state index contributed by atoms with van der Waals surface area (Å²) < 4.78 is 18.2. The zero-order valence-corrected chi connectivity index (χ0v) is 14.3. The molecule has 0 unspecified atom stereocenters. The van der Waals surface area contributed by atoms with E-state index in [1.807, 2.05) is 0 Å². The number of anilines is 1. The molecule has 0 atom stereocenters. The van der Waals surface area contributed by atoms with Crippen molar-refractivity contribution in [2.45, 2.75) is 6.61 Å². The van der Waals surface area contributed by atoms with Crippen molar-refractivity contribution in [1.82, 2.24) is 4.98 Å². The number of nitrogens with zero attached hydrogens (tertiary/aromatic N) is 1. The quantitative estimate of drug-likeness (QED) is 0.667. The minimum Gasteiger partial charge on any atom is -0.456 e. The minimum absolute atomic E-state index is 0.0256. The Bertz CT molecular complexity index is 924. The number of halogens is 1. The second-order valence-corrected chi connectivity index (χ2v) is 6.15. The highest BCUT2D eigenvalue weighted by molar-refractivity contribution is 7.13. The summed E-state index contributed by atoms with van der Waals surface area (Å²) in [5, 5.41) is 4.91. The van der Waals surface area contributed by atoms with E-state index in [-0.39, 0.29) is 12.4 Å². The monoisotopic (exact) mass is 371 g/mol. The number of hydrogen-bond acceptors (Lipinski definition) is 5. The van der Waals surface area contributed by atoms with Crippen molar-refractivity contribution in [2.75, 3.05) is 5.32 Å². The van der Waals surface area contributed by atoms with Gasteiger partial charge in [-0.1, -0.05) is 0 Å². The lowest BCUT2D eigenvalue weighted by Gasteiger charge is -2.05. The molecule has 0 radical (unpaired) electrons. The second-order valence-electron chi connectivity index (χ2n) is 5.29. The summed E-state index contributed by atoms with van der Waals surface area (Å²) >= 11 is 1.39. The Morgan fingerprint density at radius 1 is 1.12 bits per heavy atom. The molecule has 3 N–H and O–H groups in total. The van der Waals surface area contributed by atoms with Gasteiger partial charge in [0.15, 0.2) is 0 Å². The normalized spacial score (nSPS) is 10.3. The number of rotatable bonds is 5. The first-order chi connectivity index (χ1) is 12.5. The van der Waals surface area contributed by atoms with Gasteiger partial charge in [0.05, 0.1) is 11.3 Å². The zero-order valence-electron chi connectivity index (χ0n) is 13.4. The molecule has 3 rings (SSSR count). The van der Waals surface area contributed by atoms with Crippen LogP contribution in [0.2, 0.25) is 0 Å². The Balaban J connectivity index is 1.59. The predicted octanol–water partition coefficient (Wildman–Crippen LogP) is 3.80. The Morgan fingerprint density at radius 3 is 2.46 bits per heavy atom. The number of carbonyl (C=O) groups is 2. The number of aromatic nitrogens is 1. The minimum atomic E-state index is -0.680. The van der Waals surface area contributed by atoms with E-state index in [2.05, 4.69) is 10.3 Å². The van der Waals surface area contributed by atoms with E-state index >= 15 is 0 Å². The van der Waals surface area contributed by atoms with Crippen LogP contribution < -0.4 is 11.1 Å². The summed E-state index contributed by atoms with van der Waals surface area (Å²) in [6.45, 7) is 0.0256. The lowest BCUT2D eigenvalue weighted by Crippen LogP contribution is -2.19. The molecule has 1 aromatic heterocycles. The van der Waals surface area contributed by atoms with Crippen LogP contribution >= 0.6 is 11.3 Å². The van der Waals surface area contributed by atoms with Crippen molar-refractivity contribution in [3.05, 3.63) is 71.0 Å². The van der Waals surface area contributed by atoms with Crippen LogP contribution in [0.15, 0.2) is 53.9 Å². The van der Waals surface area contributed by atoms with Crippen LogP contribution in [-0.4, -0.2) is 17.0 Å². The van der Waals surface area contributed by atoms with Crippen molar-refractivity contribution in [2.24, 2.45) is 5.73 Å². The van der Waals surface area contributed by atoms with Crippen LogP contribution in [0.4, 0.5) is 14.9 Å². The van der Waals surface area contributed by atoms with Crippen LogP contribution in [0.1, 0.15) is 16.1 Å². The van der Waals surface area contributed by atoms with Crippen LogP contribution in [-0.2, 0) is 11.3 Å². The molecule has 0 fully saturated rings. The molecule has 2 amide bonds. The predicted molar refractivity (Wildman–Crippen MR) is 96.3 cm³/mol. The van der Waals surface area contributed by atoms with Gasteiger partial charge in [0.2, 0.25) is 0 Å². The Labute approximate surface area is 152 Å². The van der Waals surface area contributed by atoms with E-state index < -0.39 is 12.0 Å². The molecule has 0 aliphatic carbocycles. The molecule has 0 bridgehead atoms. The van der Waals surface area contributed by atoms with Gasteiger partial charge in [-0.2, -0.15) is 0 Å². The SMILES string of the molecule is NC(=O)Nc1ccc(C(=O)OCc2csc(-c3ccc(F)cc3)n2)cc1. The van der Waals surface area contributed by atoms with Gasteiger partial charge in [0, 0.05) is 16.6 Å². The number of nitrogens with one attached hydrogen (secondary N) is 1. The molecule has 0 aliphatic heterocycles. The van der Waals surface area contributed by atoms with E-state index in [1.54, 1.807) is 29.6 Å². The highest BCUT2D eigenvalue weighted by atomic mass is 32.1. The molecule has 132 valence electrons. The molecular weight excluding hydrogens is 357 g/mol. The number of nitrogens with two attached hydrogens (primary N) is 1. The van der Waals surface area contributed by atoms with Gasteiger partial charge >= 0.3 is 12.0 Å². The Hall–Kier alpha value is -3.26. The highest BCUT2D eigenvalue weighted by Crippen LogP contribution is 2.24. The topological polar surface area (TPSA) is 94.3 Å². The number of urea groups is 1. The second kappa shape index (κ2) is 7.75. The van der Waals surface area contributed by atoms with E-state index in [4.69, 9.17) is 10.5 Å². The lowest BCUT2D eigenvalue weighted by molar-refractivity contribution is 0.0468. The average Bonchev–Trinajstić information content (AvgIpc) is 3.09.